The fourth-order valence-electron chi connectivity index (χ4n) is 2.25. The maximum atomic E-state index is 12.8. The maximum Gasteiger partial charge on any atom is 0.272 e. The zero-order chi connectivity index (χ0) is 15.7. The smallest absolute Gasteiger partial charge is 0.268 e. The molecule has 0 atom stereocenters. The zero-order valence-electron chi connectivity index (χ0n) is 11.7. The zero-order valence-corrected chi connectivity index (χ0v) is 14.1. The summed E-state index contributed by atoms with van der Waals surface area (Å²) in [6.45, 7) is 1.96. The summed E-state index contributed by atoms with van der Waals surface area (Å²) < 4.78 is 0. The Balaban J connectivity index is 2.06. The third kappa shape index (κ3) is 2.60. The molecule has 6 heteroatoms. The molecule has 22 heavy (non-hydrogen) atoms. The summed E-state index contributed by atoms with van der Waals surface area (Å²) in [7, 11) is 0. The van der Waals surface area contributed by atoms with Crippen LogP contribution in [0.3, 0.4) is 0 Å². The number of thiophene rings is 1. The van der Waals surface area contributed by atoms with Crippen LogP contribution in [0.5, 0.6) is 0 Å². The minimum atomic E-state index is -0.272. The number of thioether (sulfide) groups is 1. The first-order valence-corrected chi connectivity index (χ1v) is 8.93. The monoisotopic (exact) mass is 349 g/mol. The molecule has 0 radical (unpaired) electrons. The molecule has 3 rings (SSSR count). The van der Waals surface area contributed by atoms with Crippen LogP contribution in [0.25, 0.3) is 5.57 Å². The molecular weight excluding hydrogens is 338 g/mol. The summed E-state index contributed by atoms with van der Waals surface area (Å²) in [6.07, 6.45) is 0. The average molecular weight is 350 g/mol. The number of amides is 2. The molecule has 2 amide bonds. The van der Waals surface area contributed by atoms with Crippen molar-refractivity contribution >= 4 is 57.8 Å². The SMILES string of the molecule is CCSC1=C(c2cccs2)C(=O)N(c2ccc(Cl)cc2)C1=O. The average Bonchev–Trinajstić information content (AvgIpc) is 3.09. The summed E-state index contributed by atoms with van der Waals surface area (Å²) >= 11 is 8.75. The molecule has 0 fully saturated rings. The van der Waals surface area contributed by atoms with Crippen LogP contribution in [0.2, 0.25) is 5.02 Å². The van der Waals surface area contributed by atoms with Gasteiger partial charge in [0, 0.05) is 9.90 Å². The van der Waals surface area contributed by atoms with Crippen LogP contribution >= 0.6 is 34.7 Å². The van der Waals surface area contributed by atoms with Crippen LogP contribution < -0.4 is 4.90 Å². The van der Waals surface area contributed by atoms with Crippen molar-refractivity contribution in [3.05, 3.63) is 56.6 Å². The molecule has 1 aromatic carbocycles. The van der Waals surface area contributed by atoms with Gasteiger partial charge in [-0.1, -0.05) is 24.6 Å². The van der Waals surface area contributed by atoms with Gasteiger partial charge >= 0.3 is 0 Å². The Bertz CT molecular complexity index is 751. The van der Waals surface area contributed by atoms with Crippen molar-refractivity contribution in [1.29, 1.82) is 0 Å². The van der Waals surface area contributed by atoms with Gasteiger partial charge in [0.15, 0.2) is 0 Å². The second-order valence-electron chi connectivity index (χ2n) is 4.54. The van der Waals surface area contributed by atoms with Crippen molar-refractivity contribution in [1.82, 2.24) is 0 Å². The van der Waals surface area contributed by atoms with E-state index in [-0.39, 0.29) is 11.8 Å². The number of benzene rings is 1. The highest BCUT2D eigenvalue weighted by atomic mass is 35.5. The maximum absolute atomic E-state index is 12.8. The summed E-state index contributed by atoms with van der Waals surface area (Å²) in [5.41, 5.74) is 1.04. The fraction of sp³-hybridized carbons (Fsp3) is 0.125. The number of rotatable bonds is 4. The van der Waals surface area contributed by atoms with Crippen LogP contribution in [-0.4, -0.2) is 17.6 Å². The Morgan fingerprint density at radius 1 is 1.14 bits per heavy atom. The Morgan fingerprint density at radius 2 is 1.86 bits per heavy atom. The molecular formula is C16H12ClNO2S2. The van der Waals surface area contributed by atoms with Gasteiger partial charge in [-0.15, -0.1) is 23.1 Å². The molecule has 1 aliphatic heterocycles. The molecule has 0 saturated carbocycles. The summed E-state index contributed by atoms with van der Waals surface area (Å²) in [4.78, 5) is 28.1. The lowest BCUT2D eigenvalue weighted by atomic mass is 10.2. The van der Waals surface area contributed by atoms with Gasteiger partial charge in [-0.25, -0.2) is 4.90 Å². The van der Waals surface area contributed by atoms with E-state index in [1.54, 1.807) is 24.3 Å². The molecule has 0 aliphatic carbocycles. The van der Waals surface area contributed by atoms with E-state index < -0.39 is 0 Å². The van der Waals surface area contributed by atoms with E-state index in [1.165, 1.54) is 28.0 Å². The molecule has 0 bridgehead atoms. The Morgan fingerprint density at radius 3 is 2.45 bits per heavy atom. The lowest BCUT2D eigenvalue weighted by molar-refractivity contribution is -0.119. The Hall–Kier alpha value is -1.56. The molecule has 1 aliphatic rings. The van der Waals surface area contributed by atoms with Crippen molar-refractivity contribution in [3.63, 3.8) is 0 Å². The van der Waals surface area contributed by atoms with E-state index in [1.807, 2.05) is 24.4 Å². The Kier molecular flexibility index (Phi) is 4.38. The number of carbonyl (C=O) groups excluding carboxylic acids is 2. The van der Waals surface area contributed by atoms with Crippen LogP contribution in [0, 0.1) is 0 Å². The van der Waals surface area contributed by atoms with Gasteiger partial charge in [0.25, 0.3) is 11.8 Å². The number of halogens is 1. The first kappa shape index (κ1) is 15.3. The number of imide groups is 1. The van der Waals surface area contributed by atoms with Crippen molar-refractivity contribution in [2.24, 2.45) is 0 Å². The van der Waals surface area contributed by atoms with E-state index in [0.29, 0.717) is 21.2 Å². The lowest BCUT2D eigenvalue weighted by Gasteiger charge is -2.15. The lowest BCUT2D eigenvalue weighted by Crippen LogP contribution is -2.31. The standard InChI is InChI=1S/C16H12ClNO2S2/c1-2-21-14-13(12-4-3-9-22-12)15(19)18(16(14)20)11-7-5-10(17)6-8-11/h3-9H,2H2,1H3. The highest BCUT2D eigenvalue weighted by molar-refractivity contribution is 8.04. The molecule has 0 N–H and O–H groups in total. The summed E-state index contributed by atoms with van der Waals surface area (Å²) in [5, 5.41) is 2.47. The van der Waals surface area contributed by atoms with Gasteiger partial charge in [-0.3, -0.25) is 9.59 Å². The van der Waals surface area contributed by atoms with Crippen molar-refractivity contribution in [2.45, 2.75) is 6.92 Å². The first-order valence-electron chi connectivity index (χ1n) is 6.68. The predicted octanol–water partition coefficient (Wildman–Crippen LogP) is 4.44. The van der Waals surface area contributed by atoms with Crippen LogP contribution in [0.15, 0.2) is 46.7 Å². The van der Waals surface area contributed by atoms with Gasteiger partial charge in [0.1, 0.15) is 0 Å². The van der Waals surface area contributed by atoms with Gasteiger partial charge in [-0.05, 0) is 41.5 Å². The molecule has 0 unspecified atom stereocenters. The van der Waals surface area contributed by atoms with E-state index >= 15 is 0 Å². The third-order valence-corrected chi connectivity index (χ3v) is 5.28. The molecule has 1 aromatic heterocycles. The van der Waals surface area contributed by atoms with E-state index in [4.69, 9.17) is 11.6 Å². The normalized spacial score (nSPS) is 15.1. The van der Waals surface area contributed by atoms with E-state index in [0.717, 1.165) is 10.6 Å². The van der Waals surface area contributed by atoms with Crippen LogP contribution in [0.4, 0.5) is 5.69 Å². The molecule has 0 saturated heterocycles. The number of nitrogens with zero attached hydrogens (tertiary/aromatic N) is 1. The fourth-order valence-corrected chi connectivity index (χ4v) is 4.05. The Labute approximate surface area is 141 Å². The van der Waals surface area contributed by atoms with Crippen molar-refractivity contribution in [2.75, 3.05) is 10.7 Å². The molecule has 2 aromatic rings. The van der Waals surface area contributed by atoms with Crippen molar-refractivity contribution < 1.29 is 9.59 Å². The second kappa shape index (κ2) is 6.28. The predicted molar refractivity (Wildman–Crippen MR) is 93.3 cm³/mol. The van der Waals surface area contributed by atoms with Gasteiger partial charge in [0.05, 0.1) is 16.2 Å². The van der Waals surface area contributed by atoms with E-state index in [2.05, 4.69) is 0 Å². The van der Waals surface area contributed by atoms with Crippen LogP contribution in [-0.2, 0) is 9.59 Å². The highest BCUT2D eigenvalue weighted by Crippen LogP contribution is 2.39. The van der Waals surface area contributed by atoms with E-state index in [9.17, 15) is 9.59 Å². The summed E-state index contributed by atoms with van der Waals surface area (Å²) in [6, 6.07) is 10.5. The quantitative estimate of drug-likeness (QED) is 0.766. The second-order valence-corrected chi connectivity index (χ2v) is 7.19. The minimum absolute atomic E-state index is 0.262. The number of anilines is 1. The minimum Gasteiger partial charge on any atom is -0.268 e. The first-order chi connectivity index (χ1) is 10.6. The van der Waals surface area contributed by atoms with Crippen molar-refractivity contribution in [3.8, 4) is 0 Å². The molecule has 0 spiro atoms. The highest BCUT2D eigenvalue weighted by Gasteiger charge is 2.40. The molecule has 3 nitrogen and oxygen atoms in total. The number of carbonyl (C=O) groups is 2. The van der Waals surface area contributed by atoms with Gasteiger partial charge < -0.3 is 0 Å². The molecule has 2 heterocycles. The van der Waals surface area contributed by atoms with Gasteiger partial charge in [-0.2, -0.15) is 0 Å². The largest absolute Gasteiger partial charge is 0.272 e. The molecule has 112 valence electrons. The third-order valence-electron chi connectivity index (χ3n) is 3.18. The van der Waals surface area contributed by atoms with Gasteiger partial charge in [0.2, 0.25) is 0 Å². The topological polar surface area (TPSA) is 37.4 Å². The number of hydrogen-bond donors (Lipinski definition) is 0. The summed E-state index contributed by atoms with van der Waals surface area (Å²) in [5.74, 6) is 0.200. The van der Waals surface area contributed by atoms with Crippen LogP contribution in [0.1, 0.15) is 11.8 Å². The number of hydrogen-bond acceptors (Lipinski definition) is 4.